The summed E-state index contributed by atoms with van der Waals surface area (Å²) in [5.41, 5.74) is 0. The van der Waals surface area contributed by atoms with Gasteiger partial charge in [0.2, 0.25) is 0 Å². The van der Waals surface area contributed by atoms with Crippen molar-refractivity contribution >= 4 is 0 Å². The summed E-state index contributed by atoms with van der Waals surface area (Å²) in [6.07, 6.45) is 5.12. The molecular formula is C15H26N2O. The number of furan rings is 1. The Hall–Kier alpha value is -0.800. The van der Waals surface area contributed by atoms with Crippen molar-refractivity contribution in [1.29, 1.82) is 0 Å². The van der Waals surface area contributed by atoms with Gasteiger partial charge in [-0.25, -0.2) is 0 Å². The van der Waals surface area contributed by atoms with Crippen LogP contribution < -0.4 is 5.32 Å². The molecule has 0 radical (unpaired) electrons. The van der Waals surface area contributed by atoms with Crippen molar-refractivity contribution in [3.05, 3.63) is 23.7 Å². The van der Waals surface area contributed by atoms with E-state index in [9.17, 15) is 0 Å². The molecule has 18 heavy (non-hydrogen) atoms. The van der Waals surface area contributed by atoms with Gasteiger partial charge in [0.1, 0.15) is 11.5 Å². The van der Waals surface area contributed by atoms with Crippen LogP contribution in [0.5, 0.6) is 0 Å². The number of hydrogen-bond acceptors (Lipinski definition) is 3. The van der Waals surface area contributed by atoms with E-state index in [2.05, 4.69) is 36.2 Å². The van der Waals surface area contributed by atoms with Crippen LogP contribution in [0.4, 0.5) is 0 Å². The van der Waals surface area contributed by atoms with Gasteiger partial charge in [0.15, 0.2) is 0 Å². The van der Waals surface area contributed by atoms with E-state index >= 15 is 0 Å². The predicted octanol–water partition coefficient (Wildman–Crippen LogP) is 3.15. The minimum atomic E-state index is 0.816. The van der Waals surface area contributed by atoms with Gasteiger partial charge in [-0.15, -0.1) is 0 Å². The summed E-state index contributed by atoms with van der Waals surface area (Å²) >= 11 is 0. The Morgan fingerprint density at radius 1 is 1.22 bits per heavy atom. The van der Waals surface area contributed by atoms with Crippen LogP contribution in [0.2, 0.25) is 0 Å². The van der Waals surface area contributed by atoms with Crippen LogP contribution in [0.15, 0.2) is 16.5 Å². The lowest BCUT2D eigenvalue weighted by Gasteiger charge is -2.19. The third-order valence-corrected chi connectivity index (χ3v) is 3.38. The van der Waals surface area contributed by atoms with Crippen molar-refractivity contribution in [2.45, 2.75) is 58.7 Å². The number of nitrogens with zero attached hydrogens (tertiary/aromatic N) is 1. The summed E-state index contributed by atoms with van der Waals surface area (Å²) in [6.45, 7) is 8.50. The molecule has 0 aliphatic heterocycles. The van der Waals surface area contributed by atoms with Gasteiger partial charge < -0.3 is 9.73 Å². The molecule has 0 spiro atoms. The lowest BCUT2D eigenvalue weighted by molar-refractivity contribution is 0.231. The van der Waals surface area contributed by atoms with Crippen molar-refractivity contribution in [3.8, 4) is 0 Å². The average molecular weight is 250 g/mol. The zero-order valence-electron chi connectivity index (χ0n) is 11.7. The van der Waals surface area contributed by atoms with Gasteiger partial charge in [-0.05, 0) is 50.9 Å². The molecule has 1 aliphatic rings. The first kappa shape index (κ1) is 13.6. The highest BCUT2D eigenvalue weighted by Gasteiger charge is 2.28. The molecule has 0 bridgehead atoms. The second kappa shape index (κ2) is 6.95. The fraction of sp³-hybridized carbons (Fsp3) is 0.733. The summed E-state index contributed by atoms with van der Waals surface area (Å²) in [7, 11) is 0. The fourth-order valence-corrected chi connectivity index (χ4v) is 2.31. The lowest BCUT2D eigenvalue weighted by Crippen LogP contribution is -2.26. The predicted molar refractivity (Wildman–Crippen MR) is 74.4 cm³/mol. The van der Waals surface area contributed by atoms with Crippen LogP contribution in [0.3, 0.4) is 0 Å². The van der Waals surface area contributed by atoms with Gasteiger partial charge in [-0.2, -0.15) is 0 Å². The average Bonchev–Trinajstić information content (AvgIpc) is 3.12. The van der Waals surface area contributed by atoms with Gasteiger partial charge >= 0.3 is 0 Å². The Morgan fingerprint density at radius 3 is 2.67 bits per heavy atom. The van der Waals surface area contributed by atoms with Crippen molar-refractivity contribution in [1.82, 2.24) is 10.2 Å². The van der Waals surface area contributed by atoms with Crippen LogP contribution in [0.1, 0.15) is 51.1 Å². The minimum Gasteiger partial charge on any atom is -0.463 e. The van der Waals surface area contributed by atoms with Crippen LogP contribution in [-0.4, -0.2) is 24.0 Å². The molecule has 0 saturated heterocycles. The highest BCUT2D eigenvalue weighted by molar-refractivity contribution is 5.07. The molecule has 2 rings (SSSR count). The maximum absolute atomic E-state index is 5.88. The molecule has 3 heteroatoms. The minimum absolute atomic E-state index is 0.816. The van der Waals surface area contributed by atoms with Crippen LogP contribution in [0.25, 0.3) is 0 Å². The number of nitrogens with one attached hydrogen (secondary N) is 1. The quantitative estimate of drug-likeness (QED) is 0.682. The zero-order chi connectivity index (χ0) is 12.8. The van der Waals surface area contributed by atoms with Crippen molar-refractivity contribution in [2.24, 2.45) is 0 Å². The summed E-state index contributed by atoms with van der Waals surface area (Å²) in [4.78, 5) is 2.56. The molecule has 1 aliphatic carbocycles. The monoisotopic (exact) mass is 250 g/mol. The lowest BCUT2D eigenvalue weighted by atomic mass is 10.3. The van der Waals surface area contributed by atoms with Crippen LogP contribution >= 0.6 is 0 Å². The SMILES string of the molecule is CCCNCc1ccc(CN(CCC)C2CC2)o1. The highest BCUT2D eigenvalue weighted by Crippen LogP contribution is 2.28. The van der Waals surface area contributed by atoms with Gasteiger partial charge in [-0.1, -0.05) is 13.8 Å². The molecular weight excluding hydrogens is 224 g/mol. The maximum atomic E-state index is 5.88. The molecule has 0 atom stereocenters. The molecule has 1 aromatic heterocycles. The molecule has 0 amide bonds. The standard InChI is InChI=1S/C15H26N2O/c1-3-9-16-11-14-7-8-15(18-14)12-17(10-4-2)13-5-6-13/h7-8,13,16H,3-6,9-12H2,1-2H3. The fourth-order valence-electron chi connectivity index (χ4n) is 2.31. The molecule has 102 valence electrons. The number of rotatable bonds is 9. The summed E-state index contributed by atoms with van der Waals surface area (Å²) in [6, 6.07) is 5.06. The number of hydrogen-bond donors (Lipinski definition) is 1. The Kier molecular flexibility index (Phi) is 5.26. The van der Waals surface area contributed by atoms with Gasteiger partial charge in [-0.3, -0.25) is 4.90 Å². The van der Waals surface area contributed by atoms with E-state index in [0.29, 0.717) is 0 Å². The highest BCUT2D eigenvalue weighted by atomic mass is 16.3. The maximum Gasteiger partial charge on any atom is 0.118 e. The van der Waals surface area contributed by atoms with Gasteiger partial charge in [0, 0.05) is 6.04 Å². The first-order valence-corrected chi connectivity index (χ1v) is 7.35. The summed E-state index contributed by atoms with van der Waals surface area (Å²) in [5.74, 6) is 2.18. The normalized spacial score (nSPS) is 15.5. The third-order valence-electron chi connectivity index (χ3n) is 3.38. The molecule has 1 heterocycles. The topological polar surface area (TPSA) is 28.4 Å². The van der Waals surface area contributed by atoms with E-state index in [1.807, 2.05) is 0 Å². The third kappa shape index (κ3) is 4.14. The largest absolute Gasteiger partial charge is 0.463 e. The first-order chi connectivity index (χ1) is 8.83. The second-order valence-corrected chi connectivity index (χ2v) is 5.25. The Labute approximate surface area is 111 Å². The van der Waals surface area contributed by atoms with E-state index < -0.39 is 0 Å². The van der Waals surface area contributed by atoms with Gasteiger partial charge in [0.05, 0.1) is 13.1 Å². The van der Waals surface area contributed by atoms with E-state index in [1.54, 1.807) is 0 Å². The molecule has 3 nitrogen and oxygen atoms in total. The summed E-state index contributed by atoms with van der Waals surface area (Å²) < 4.78 is 5.88. The molecule has 1 N–H and O–H groups in total. The summed E-state index contributed by atoms with van der Waals surface area (Å²) in [5, 5.41) is 3.37. The van der Waals surface area contributed by atoms with E-state index in [-0.39, 0.29) is 0 Å². The Balaban J connectivity index is 1.80. The van der Waals surface area contributed by atoms with Crippen molar-refractivity contribution in [2.75, 3.05) is 13.1 Å². The molecule has 0 aromatic carbocycles. The van der Waals surface area contributed by atoms with Gasteiger partial charge in [0.25, 0.3) is 0 Å². The van der Waals surface area contributed by atoms with Crippen LogP contribution in [0, 0.1) is 0 Å². The van der Waals surface area contributed by atoms with Crippen molar-refractivity contribution < 1.29 is 4.42 Å². The molecule has 1 saturated carbocycles. The van der Waals surface area contributed by atoms with E-state index in [0.717, 1.165) is 37.2 Å². The zero-order valence-corrected chi connectivity index (χ0v) is 11.7. The second-order valence-electron chi connectivity index (χ2n) is 5.25. The first-order valence-electron chi connectivity index (χ1n) is 7.35. The van der Waals surface area contributed by atoms with Crippen LogP contribution in [-0.2, 0) is 13.1 Å². The molecule has 0 unspecified atom stereocenters. The molecule has 1 fully saturated rings. The van der Waals surface area contributed by atoms with E-state index in [4.69, 9.17) is 4.42 Å². The Bertz CT molecular complexity index is 344. The Morgan fingerprint density at radius 2 is 2.00 bits per heavy atom. The van der Waals surface area contributed by atoms with Crippen molar-refractivity contribution in [3.63, 3.8) is 0 Å². The van der Waals surface area contributed by atoms with E-state index in [1.165, 1.54) is 32.2 Å². The molecule has 1 aromatic rings. The smallest absolute Gasteiger partial charge is 0.118 e.